The zero-order valence-corrected chi connectivity index (χ0v) is 7.77. The predicted octanol–water partition coefficient (Wildman–Crippen LogP) is 1.69. The second-order valence-corrected chi connectivity index (χ2v) is 3.55. The molecule has 0 radical (unpaired) electrons. The van der Waals surface area contributed by atoms with E-state index in [1.54, 1.807) is 0 Å². The molecule has 1 aliphatic heterocycles. The fraction of sp³-hybridized carbons (Fsp3) is 0.400. The van der Waals surface area contributed by atoms with E-state index in [1.165, 1.54) is 5.56 Å². The van der Waals surface area contributed by atoms with Crippen molar-refractivity contribution in [3.63, 3.8) is 0 Å². The van der Waals surface area contributed by atoms with Gasteiger partial charge in [0, 0.05) is 23.1 Å². The number of benzene rings is 1. The van der Waals surface area contributed by atoms with Crippen molar-refractivity contribution in [2.24, 2.45) is 0 Å². The molecule has 1 aromatic carbocycles. The summed E-state index contributed by atoms with van der Waals surface area (Å²) in [6.07, 6.45) is 1.51. The van der Waals surface area contributed by atoms with E-state index >= 15 is 0 Å². The summed E-state index contributed by atoms with van der Waals surface area (Å²) in [6, 6.07) is 8.28. The molecule has 0 aliphatic carbocycles. The number of nitrogens with one attached hydrogen (secondary N) is 1. The highest BCUT2D eigenvalue weighted by atomic mass is 16.6. The zero-order valence-electron chi connectivity index (χ0n) is 7.77. The first kappa shape index (κ1) is 8.99. The topological polar surface area (TPSA) is 55.2 Å². The van der Waals surface area contributed by atoms with Crippen LogP contribution in [0.15, 0.2) is 24.3 Å². The van der Waals surface area contributed by atoms with Gasteiger partial charge in [-0.25, -0.2) is 0 Å². The second kappa shape index (κ2) is 3.65. The lowest BCUT2D eigenvalue weighted by molar-refractivity contribution is -0.480. The van der Waals surface area contributed by atoms with Gasteiger partial charge in [0.05, 0.1) is 0 Å². The zero-order chi connectivity index (χ0) is 9.97. The Hall–Kier alpha value is -1.58. The summed E-state index contributed by atoms with van der Waals surface area (Å²) in [4.78, 5) is 9.95. The van der Waals surface area contributed by atoms with Crippen LogP contribution in [0.2, 0.25) is 0 Å². The van der Waals surface area contributed by atoms with Crippen LogP contribution >= 0.6 is 0 Å². The van der Waals surface area contributed by atoms with Crippen molar-refractivity contribution in [3.05, 3.63) is 39.9 Å². The predicted molar refractivity (Wildman–Crippen MR) is 54.0 cm³/mol. The molecule has 4 nitrogen and oxygen atoms in total. The molecule has 0 saturated heterocycles. The van der Waals surface area contributed by atoms with Crippen molar-refractivity contribution in [3.8, 4) is 0 Å². The van der Waals surface area contributed by atoms with Crippen LogP contribution in [0.4, 0.5) is 5.69 Å². The van der Waals surface area contributed by atoms with Crippen LogP contribution in [0, 0.1) is 10.1 Å². The van der Waals surface area contributed by atoms with Crippen molar-refractivity contribution < 1.29 is 4.92 Å². The van der Waals surface area contributed by atoms with Gasteiger partial charge in [-0.3, -0.25) is 10.1 Å². The average molecular weight is 192 g/mol. The number of para-hydroxylation sites is 1. The molecule has 4 heteroatoms. The number of nitro groups is 1. The Morgan fingerprint density at radius 1 is 1.50 bits per heavy atom. The summed E-state index contributed by atoms with van der Waals surface area (Å²) in [6.45, 7) is 0.0473. The van der Waals surface area contributed by atoms with Gasteiger partial charge in [0.1, 0.15) is 0 Å². The number of hydrogen-bond acceptors (Lipinski definition) is 3. The maximum Gasteiger partial charge on any atom is 0.205 e. The van der Waals surface area contributed by atoms with Gasteiger partial charge in [0.2, 0.25) is 6.54 Å². The van der Waals surface area contributed by atoms with Crippen LogP contribution in [0.1, 0.15) is 12.0 Å². The lowest BCUT2D eigenvalue weighted by Crippen LogP contribution is -2.19. The minimum absolute atomic E-state index is 0.0473. The third kappa shape index (κ3) is 1.84. The lowest BCUT2D eigenvalue weighted by atomic mass is 10.1. The molecule has 0 fully saturated rings. The van der Waals surface area contributed by atoms with Crippen LogP contribution in [-0.4, -0.2) is 17.5 Å². The third-order valence-electron chi connectivity index (χ3n) is 2.50. The van der Waals surface area contributed by atoms with Crippen molar-refractivity contribution >= 4 is 5.69 Å². The second-order valence-electron chi connectivity index (χ2n) is 3.55. The molecule has 1 atom stereocenters. The normalized spacial score (nSPS) is 18.7. The Labute approximate surface area is 82.1 Å². The molecular formula is C10H12N2O2. The minimum Gasteiger partial charge on any atom is -0.381 e. The average Bonchev–Trinajstić information content (AvgIpc) is 2.57. The van der Waals surface area contributed by atoms with Crippen molar-refractivity contribution in [2.45, 2.75) is 18.9 Å². The Bertz CT molecular complexity index is 327. The molecule has 0 aromatic heterocycles. The minimum atomic E-state index is -0.259. The van der Waals surface area contributed by atoms with Gasteiger partial charge in [-0.05, 0) is 18.1 Å². The van der Waals surface area contributed by atoms with Gasteiger partial charge < -0.3 is 5.32 Å². The molecule has 1 aromatic rings. The van der Waals surface area contributed by atoms with Crippen LogP contribution < -0.4 is 5.32 Å². The highest BCUT2D eigenvalue weighted by Crippen LogP contribution is 2.26. The van der Waals surface area contributed by atoms with E-state index < -0.39 is 0 Å². The molecule has 14 heavy (non-hydrogen) atoms. The number of nitrogens with zero attached hydrogens (tertiary/aromatic N) is 1. The van der Waals surface area contributed by atoms with Gasteiger partial charge in [0.15, 0.2) is 0 Å². The monoisotopic (exact) mass is 192 g/mol. The maximum atomic E-state index is 10.2. The summed E-state index contributed by atoms with van der Waals surface area (Å²) >= 11 is 0. The van der Waals surface area contributed by atoms with E-state index in [4.69, 9.17) is 0 Å². The van der Waals surface area contributed by atoms with Crippen LogP contribution in [0.25, 0.3) is 0 Å². The largest absolute Gasteiger partial charge is 0.381 e. The van der Waals surface area contributed by atoms with Crippen LogP contribution in [0.3, 0.4) is 0 Å². The van der Waals surface area contributed by atoms with E-state index in [2.05, 4.69) is 11.4 Å². The number of hydrogen-bond donors (Lipinski definition) is 1. The highest BCUT2D eigenvalue weighted by Gasteiger charge is 2.20. The Kier molecular flexibility index (Phi) is 2.35. The maximum absolute atomic E-state index is 10.2. The van der Waals surface area contributed by atoms with E-state index in [0.29, 0.717) is 6.42 Å². The summed E-state index contributed by atoms with van der Waals surface area (Å²) in [5.41, 5.74) is 2.39. The molecule has 0 amide bonds. The van der Waals surface area contributed by atoms with Crippen LogP contribution in [-0.2, 0) is 6.42 Å². The van der Waals surface area contributed by atoms with E-state index in [1.807, 2.05) is 18.2 Å². The van der Waals surface area contributed by atoms with Gasteiger partial charge in [-0.2, -0.15) is 0 Å². The lowest BCUT2D eigenvalue weighted by Gasteiger charge is -2.07. The summed E-state index contributed by atoms with van der Waals surface area (Å²) in [5, 5.41) is 13.5. The molecule has 0 spiro atoms. The molecule has 0 saturated carbocycles. The molecule has 2 rings (SSSR count). The number of rotatable bonds is 3. The molecule has 0 bridgehead atoms. The Balaban J connectivity index is 1.95. The van der Waals surface area contributed by atoms with Gasteiger partial charge in [-0.1, -0.05) is 18.2 Å². The SMILES string of the molecule is O=[N+]([O-])CCC1Cc2ccccc2N1. The molecular weight excluding hydrogens is 180 g/mol. The van der Waals surface area contributed by atoms with Crippen molar-refractivity contribution in [1.82, 2.24) is 0 Å². The number of fused-ring (bicyclic) bond motifs is 1. The Morgan fingerprint density at radius 2 is 2.29 bits per heavy atom. The molecule has 1 heterocycles. The standard InChI is InChI=1S/C10H12N2O2/c13-12(14)6-5-9-7-8-3-1-2-4-10(8)11-9/h1-4,9,11H,5-7H2. The molecule has 1 aliphatic rings. The smallest absolute Gasteiger partial charge is 0.205 e. The molecule has 1 N–H and O–H groups in total. The fourth-order valence-electron chi connectivity index (χ4n) is 1.81. The number of anilines is 1. The van der Waals surface area contributed by atoms with Gasteiger partial charge >= 0.3 is 0 Å². The van der Waals surface area contributed by atoms with Crippen LogP contribution in [0.5, 0.6) is 0 Å². The fourth-order valence-corrected chi connectivity index (χ4v) is 1.81. The van der Waals surface area contributed by atoms with E-state index in [0.717, 1.165) is 12.1 Å². The summed E-state index contributed by atoms with van der Waals surface area (Å²) in [7, 11) is 0. The summed E-state index contributed by atoms with van der Waals surface area (Å²) in [5.74, 6) is 0. The van der Waals surface area contributed by atoms with Gasteiger partial charge in [0.25, 0.3) is 0 Å². The molecule has 1 unspecified atom stereocenters. The molecule has 74 valence electrons. The third-order valence-corrected chi connectivity index (χ3v) is 2.50. The Morgan fingerprint density at radius 3 is 3.00 bits per heavy atom. The van der Waals surface area contributed by atoms with Crippen molar-refractivity contribution in [1.29, 1.82) is 0 Å². The first-order valence-corrected chi connectivity index (χ1v) is 4.72. The van der Waals surface area contributed by atoms with Crippen molar-refractivity contribution in [2.75, 3.05) is 11.9 Å². The summed E-state index contributed by atoms with van der Waals surface area (Å²) < 4.78 is 0. The highest BCUT2D eigenvalue weighted by molar-refractivity contribution is 5.56. The first-order chi connectivity index (χ1) is 6.75. The van der Waals surface area contributed by atoms with Gasteiger partial charge in [-0.15, -0.1) is 0 Å². The van der Waals surface area contributed by atoms with E-state index in [9.17, 15) is 10.1 Å². The van der Waals surface area contributed by atoms with E-state index in [-0.39, 0.29) is 17.5 Å². The quantitative estimate of drug-likeness (QED) is 0.585. The first-order valence-electron chi connectivity index (χ1n) is 4.72.